The standard InChI is InChI=1S/C16H25N3O/c1-3-13-19(14-9-7-5-4-6-8-10-14)16(20)15-11-12-17-18(15)2/h3,11-12,14H,1,4-10,13H2,2H3. The first-order valence-electron chi connectivity index (χ1n) is 7.64. The van der Waals surface area contributed by atoms with Crippen molar-refractivity contribution in [2.75, 3.05) is 6.54 Å². The average Bonchev–Trinajstić information content (AvgIpc) is 2.82. The third-order valence-electron chi connectivity index (χ3n) is 4.14. The summed E-state index contributed by atoms with van der Waals surface area (Å²) in [5.41, 5.74) is 0.661. The van der Waals surface area contributed by atoms with Crippen molar-refractivity contribution in [2.24, 2.45) is 7.05 Å². The van der Waals surface area contributed by atoms with E-state index in [0.717, 1.165) is 12.8 Å². The summed E-state index contributed by atoms with van der Waals surface area (Å²) in [6, 6.07) is 2.14. The summed E-state index contributed by atoms with van der Waals surface area (Å²) in [5.74, 6) is 0.0791. The molecule has 1 heterocycles. The lowest BCUT2D eigenvalue weighted by molar-refractivity contribution is 0.0663. The Kier molecular flexibility index (Phi) is 5.39. The van der Waals surface area contributed by atoms with E-state index in [-0.39, 0.29) is 5.91 Å². The minimum atomic E-state index is 0.0791. The first-order valence-corrected chi connectivity index (χ1v) is 7.64. The summed E-state index contributed by atoms with van der Waals surface area (Å²) in [6.07, 6.45) is 12.1. The predicted octanol–water partition coefficient (Wildman–Crippen LogP) is 3.16. The van der Waals surface area contributed by atoms with Crippen LogP contribution in [0.4, 0.5) is 0 Å². The molecule has 0 aromatic carbocycles. The summed E-state index contributed by atoms with van der Waals surface area (Å²) >= 11 is 0. The van der Waals surface area contributed by atoms with E-state index in [2.05, 4.69) is 11.7 Å². The van der Waals surface area contributed by atoms with Crippen LogP contribution in [0.1, 0.15) is 55.4 Å². The van der Waals surface area contributed by atoms with E-state index < -0.39 is 0 Å². The highest BCUT2D eigenvalue weighted by atomic mass is 16.2. The first-order chi connectivity index (χ1) is 9.74. The monoisotopic (exact) mass is 275 g/mol. The second kappa shape index (κ2) is 7.27. The van der Waals surface area contributed by atoms with Crippen LogP contribution in [0.5, 0.6) is 0 Å². The van der Waals surface area contributed by atoms with Crippen molar-refractivity contribution in [3.63, 3.8) is 0 Å². The van der Waals surface area contributed by atoms with Gasteiger partial charge in [-0.3, -0.25) is 9.48 Å². The lowest BCUT2D eigenvalue weighted by atomic mass is 9.95. The third kappa shape index (κ3) is 3.50. The molecule has 110 valence electrons. The van der Waals surface area contributed by atoms with Gasteiger partial charge in [-0.2, -0.15) is 5.10 Å². The Bertz CT molecular complexity index is 444. The molecule has 1 aliphatic rings. The van der Waals surface area contributed by atoms with Crippen LogP contribution < -0.4 is 0 Å². The fourth-order valence-corrected chi connectivity index (χ4v) is 3.01. The minimum Gasteiger partial charge on any atom is -0.331 e. The molecule has 4 nitrogen and oxygen atoms in total. The van der Waals surface area contributed by atoms with E-state index in [4.69, 9.17) is 0 Å². The molecule has 0 unspecified atom stereocenters. The van der Waals surface area contributed by atoms with Crippen molar-refractivity contribution < 1.29 is 4.79 Å². The predicted molar refractivity (Wildman–Crippen MR) is 80.5 cm³/mol. The number of aromatic nitrogens is 2. The van der Waals surface area contributed by atoms with Crippen molar-refractivity contribution in [3.8, 4) is 0 Å². The molecule has 1 aromatic rings. The number of carbonyl (C=O) groups is 1. The van der Waals surface area contributed by atoms with E-state index in [9.17, 15) is 4.79 Å². The SMILES string of the molecule is C=CCN(C(=O)c1ccnn1C)C1CCCCCCC1. The van der Waals surface area contributed by atoms with Gasteiger partial charge in [0.1, 0.15) is 5.69 Å². The molecular weight excluding hydrogens is 250 g/mol. The Morgan fingerprint density at radius 3 is 2.60 bits per heavy atom. The highest BCUT2D eigenvalue weighted by molar-refractivity contribution is 5.92. The number of carbonyl (C=O) groups excluding carboxylic acids is 1. The third-order valence-corrected chi connectivity index (χ3v) is 4.14. The highest BCUT2D eigenvalue weighted by Crippen LogP contribution is 2.22. The maximum Gasteiger partial charge on any atom is 0.272 e. The molecule has 1 aliphatic carbocycles. The van der Waals surface area contributed by atoms with Crippen LogP contribution >= 0.6 is 0 Å². The van der Waals surface area contributed by atoms with Gasteiger partial charge in [0.05, 0.1) is 0 Å². The van der Waals surface area contributed by atoms with Gasteiger partial charge in [-0.25, -0.2) is 0 Å². The molecule has 2 rings (SSSR count). The van der Waals surface area contributed by atoms with Gasteiger partial charge in [0.25, 0.3) is 5.91 Å². The van der Waals surface area contributed by atoms with Crippen molar-refractivity contribution in [1.82, 2.24) is 14.7 Å². The van der Waals surface area contributed by atoms with Gasteiger partial charge in [-0.05, 0) is 18.9 Å². The zero-order valence-electron chi connectivity index (χ0n) is 12.4. The van der Waals surface area contributed by atoms with Gasteiger partial charge < -0.3 is 4.90 Å². The number of hydrogen-bond donors (Lipinski definition) is 0. The lowest BCUT2D eigenvalue weighted by Gasteiger charge is -2.32. The molecule has 0 bridgehead atoms. The summed E-state index contributed by atoms with van der Waals surface area (Å²) in [5, 5.41) is 4.10. The van der Waals surface area contributed by atoms with Crippen LogP contribution in [0.3, 0.4) is 0 Å². The first kappa shape index (κ1) is 14.8. The summed E-state index contributed by atoms with van der Waals surface area (Å²) < 4.78 is 1.65. The van der Waals surface area contributed by atoms with Crippen LogP contribution in [-0.4, -0.2) is 33.2 Å². The van der Waals surface area contributed by atoms with Gasteiger partial charge in [0, 0.05) is 25.8 Å². The number of aryl methyl sites for hydroxylation is 1. The van der Waals surface area contributed by atoms with Gasteiger partial charge in [-0.15, -0.1) is 6.58 Å². The lowest BCUT2D eigenvalue weighted by Crippen LogP contribution is -2.41. The number of rotatable bonds is 4. The van der Waals surface area contributed by atoms with Gasteiger partial charge >= 0.3 is 0 Å². The quantitative estimate of drug-likeness (QED) is 0.792. The molecule has 0 radical (unpaired) electrons. The van der Waals surface area contributed by atoms with E-state index in [1.165, 1.54) is 32.1 Å². The molecular formula is C16H25N3O. The average molecular weight is 275 g/mol. The molecule has 1 aromatic heterocycles. The zero-order valence-corrected chi connectivity index (χ0v) is 12.4. The molecule has 0 spiro atoms. The molecule has 0 atom stereocenters. The Morgan fingerprint density at radius 1 is 1.40 bits per heavy atom. The van der Waals surface area contributed by atoms with Gasteiger partial charge in [0.2, 0.25) is 0 Å². The van der Waals surface area contributed by atoms with Crippen LogP contribution in [0.2, 0.25) is 0 Å². The molecule has 4 heteroatoms. The summed E-state index contributed by atoms with van der Waals surface area (Å²) in [4.78, 5) is 14.7. The molecule has 0 N–H and O–H groups in total. The number of nitrogens with zero attached hydrogens (tertiary/aromatic N) is 3. The maximum atomic E-state index is 12.7. The maximum absolute atomic E-state index is 12.7. The van der Waals surface area contributed by atoms with E-state index >= 15 is 0 Å². The molecule has 1 saturated carbocycles. The van der Waals surface area contributed by atoms with Crippen molar-refractivity contribution in [3.05, 3.63) is 30.6 Å². The van der Waals surface area contributed by atoms with E-state index in [1.54, 1.807) is 16.9 Å². The molecule has 0 saturated heterocycles. The topological polar surface area (TPSA) is 38.1 Å². The van der Waals surface area contributed by atoms with Crippen LogP contribution in [0, 0.1) is 0 Å². The Morgan fingerprint density at radius 2 is 2.05 bits per heavy atom. The summed E-state index contributed by atoms with van der Waals surface area (Å²) in [7, 11) is 1.82. The Labute approximate surface area is 121 Å². The van der Waals surface area contributed by atoms with E-state index in [1.807, 2.05) is 18.0 Å². The van der Waals surface area contributed by atoms with Crippen LogP contribution in [0.25, 0.3) is 0 Å². The molecule has 1 fully saturated rings. The fraction of sp³-hybridized carbons (Fsp3) is 0.625. The minimum absolute atomic E-state index is 0.0791. The van der Waals surface area contributed by atoms with Crippen molar-refractivity contribution >= 4 is 5.91 Å². The number of hydrogen-bond acceptors (Lipinski definition) is 2. The molecule has 20 heavy (non-hydrogen) atoms. The second-order valence-electron chi connectivity index (χ2n) is 5.59. The molecule has 0 aliphatic heterocycles. The van der Waals surface area contributed by atoms with Crippen molar-refractivity contribution in [2.45, 2.75) is 51.0 Å². The largest absolute Gasteiger partial charge is 0.331 e. The summed E-state index contributed by atoms with van der Waals surface area (Å²) in [6.45, 7) is 4.43. The second-order valence-corrected chi connectivity index (χ2v) is 5.59. The smallest absolute Gasteiger partial charge is 0.272 e. The van der Waals surface area contributed by atoms with Crippen LogP contribution in [-0.2, 0) is 7.05 Å². The highest BCUT2D eigenvalue weighted by Gasteiger charge is 2.25. The van der Waals surface area contributed by atoms with Crippen molar-refractivity contribution in [1.29, 1.82) is 0 Å². The Balaban J connectivity index is 2.14. The Hall–Kier alpha value is -1.58. The van der Waals surface area contributed by atoms with Gasteiger partial charge in [-0.1, -0.05) is 38.2 Å². The normalized spacial score (nSPS) is 17.2. The van der Waals surface area contributed by atoms with Crippen LogP contribution in [0.15, 0.2) is 24.9 Å². The van der Waals surface area contributed by atoms with Gasteiger partial charge in [0.15, 0.2) is 0 Å². The van der Waals surface area contributed by atoms with E-state index in [0.29, 0.717) is 18.3 Å². The fourth-order valence-electron chi connectivity index (χ4n) is 3.01. The molecule has 1 amide bonds. The zero-order chi connectivity index (χ0) is 14.4. The number of amides is 1.